The Morgan fingerprint density at radius 1 is 0.889 bits per heavy atom. The second kappa shape index (κ2) is 12.1. The SMILES string of the molecule is Cc1ccc(S(=O)(=O)N[C@H](Cc2ccccc2)C(=O)N2CCN(C/C=C/c3ccccc3)CC2)cc1. The molecule has 3 aromatic carbocycles. The second-order valence-corrected chi connectivity index (χ2v) is 10.8. The van der Waals surface area contributed by atoms with E-state index in [-0.39, 0.29) is 10.8 Å². The minimum absolute atomic E-state index is 0.161. The fraction of sp³-hybridized carbons (Fsp3) is 0.276. The first kappa shape index (κ1) is 25.8. The molecule has 3 aromatic rings. The van der Waals surface area contributed by atoms with Crippen LogP contribution in [0.2, 0.25) is 0 Å². The highest BCUT2D eigenvalue weighted by Crippen LogP contribution is 2.15. The molecule has 1 aliphatic heterocycles. The standard InChI is InChI=1S/C29H33N3O3S/c1-24-14-16-27(17-15-24)36(34,35)30-28(23-26-11-6-3-7-12-26)29(33)32-21-19-31(20-22-32)18-8-13-25-9-4-2-5-10-25/h2-17,28,30H,18-23H2,1H3/b13-8+/t28-/m1/s1. The molecule has 1 saturated heterocycles. The maximum atomic E-state index is 13.5. The van der Waals surface area contributed by atoms with Crippen molar-refractivity contribution in [1.82, 2.24) is 14.5 Å². The monoisotopic (exact) mass is 503 g/mol. The summed E-state index contributed by atoms with van der Waals surface area (Å²) in [6.45, 7) is 5.33. The minimum Gasteiger partial charge on any atom is -0.339 e. The second-order valence-electron chi connectivity index (χ2n) is 9.12. The molecule has 0 saturated carbocycles. The summed E-state index contributed by atoms with van der Waals surface area (Å²) < 4.78 is 28.9. The van der Waals surface area contributed by atoms with E-state index in [2.05, 4.69) is 33.9 Å². The Hall–Kier alpha value is -3.26. The lowest BCUT2D eigenvalue weighted by atomic mass is 10.1. The van der Waals surface area contributed by atoms with E-state index < -0.39 is 16.1 Å². The molecule has 0 aromatic heterocycles. The Kier molecular flexibility index (Phi) is 8.70. The quantitative estimate of drug-likeness (QED) is 0.483. The lowest BCUT2D eigenvalue weighted by molar-refractivity contribution is -0.134. The highest BCUT2D eigenvalue weighted by molar-refractivity contribution is 7.89. The average molecular weight is 504 g/mol. The number of piperazine rings is 1. The number of hydrogen-bond acceptors (Lipinski definition) is 4. The van der Waals surface area contributed by atoms with Gasteiger partial charge in [-0.15, -0.1) is 0 Å². The smallest absolute Gasteiger partial charge is 0.241 e. The van der Waals surface area contributed by atoms with Crippen molar-refractivity contribution < 1.29 is 13.2 Å². The first-order chi connectivity index (χ1) is 17.4. The molecule has 0 radical (unpaired) electrons. The molecule has 36 heavy (non-hydrogen) atoms. The van der Waals surface area contributed by atoms with E-state index in [0.29, 0.717) is 19.5 Å². The Morgan fingerprint density at radius 3 is 2.14 bits per heavy atom. The third-order valence-corrected chi connectivity index (χ3v) is 7.85. The van der Waals surface area contributed by atoms with Crippen molar-refractivity contribution >= 4 is 22.0 Å². The van der Waals surface area contributed by atoms with Crippen LogP contribution in [-0.2, 0) is 21.2 Å². The van der Waals surface area contributed by atoms with Gasteiger partial charge in [0.2, 0.25) is 15.9 Å². The maximum Gasteiger partial charge on any atom is 0.241 e. The first-order valence-corrected chi connectivity index (χ1v) is 13.7. The number of amides is 1. The third-order valence-electron chi connectivity index (χ3n) is 6.37. The van der Waals surface area contributed by atoms with Crippen LogP contribution < -0.4 is 4.72 Å². The van der Waals surface area contributed by atoms with Gasteiger partial charge in [-0.25, -0.2) is 8.42 Å². The Labute approximate surface area is 214 Å². The fourth-order valence-electron chi connectivity index (χ4n) is 4.28. The molecule has 0 aliphatic carbocycles. The van der Waals surface area contributed by atoms with E-state index in [1.54, 1.807) is 29.2 Å². The largest absolute Gasteiger partial charge is 0.339 e. The van der Waals surface area contributed by atoms with Crippen LogP contribution in [0.1, 0.15) is 16.7 Å². The molecule has 0 unspecified atom stereocenters. The van der Waals surface area contributed by atoms with E-state index in [0.717, 1.165) is 36.3 Å². The minimum atomic E-state index is -3.85. The molecule has 0 spiro atoms. The highest BCUT2D eigenvalue weighted by atomic mass is 32.2. The summed E-state index contributed by atoms with van der Waals surface area (Å²) >= 11 is 0. The van der Waals surface area contributed by atoms with Crippen molar-refractivity contribution in [3.63, 3.8) is 0 Å². The summed E-state index contributed by atoms with van der Waals surface area (Å²) in [5, 5.41) is 0. The van der Waals surface area contributed by atoms with Crippen molar-refractivity contribution in [3.05, 3.63) is 108 Å². The number of benzene rings is 3. The van der Waals surface area contributed by atoms with Crippen molar-refractivity contribution in [2.24, 2.45) is 0 Å². The molecule has 188 valence electrons. The summed E-state index contributed by atoms with van der Waals surface area (Å²) in [6, 6.07) is 25.5. The molecule has 4 rings (SSSR count). The Morgan fingerprint density at radius 2 is 1.50 bits per heavy atom. The summed E-state index contributed by atoms with van der Waals surface area (Å²) in [4.78, 5) is 17.8. The molecular weight excluding hydrogens is 470 g/mol. The fourth-order valence-corrected chi connectivity index (χ4v) is 5.46. The number of carbonyl (C=O) groups excluding carboxylic acids is 1. The van der Waals surface area contributed by atoms with E-state index in [1.807, 2.05) is 55.5 Å². The topological polar surface area (TPSA) is 69.7 Å². The van der Waals surface area contributed by atoms with Crippen LogP contribution in [0.15, 0.2) is 95.9 Å². The molecule has 1 heterocycles. The first-order valence-electron chi connectivity index (χ1n) is 12.3. The van der Waals surface area contributed by atoms with Gasteiger partial charge in [0.15, 0.2) is 0 Å². The van der Waals surface area contributed by atoms with Crippen LogP contribution in [0.5, 0.6) is 0 Å². The number of carbonyl (C=O) groups is 1. The van der Waals surface area contributed by atoms with Gasteiger partial charge in [-0.2, -0.15) is 4.72 Å². The van der Waals surface area contributed by atoms with Gasteiger partial charge in [-0.05, 0) is 36.6 Å². The normalized spacial score (nSPS) is 15.8. The summed E-state index contributed by atoms with van der Waals surface area (Å²) in [5.41, 5.74) is 3.05. The number of nitrogens with one attached hydrogen (secondary N) is 1. The third kappa shape index (κ3) is 7.13. The average Bonchev–Trinajstić information content (AvgIpc) is 2.90. The molecule has 1 atom stereocenters. The van der Waals surface area contributed by atoms with E-state index in [9.17, 15) is 13.2 Å². The predicted octanol–water partition coefficient (Wildman–Crippen LogP) is 3.74. The zero-order valence-electron chi connectivity index (χ0n) is 20.6. The Bertz CT molecular complexity index is 1250. The Balaban J connectivity index is 1.41. The molecule has 0 bridgehead atoms. The number of sulfonamides is 1. The van der Waals surface area contributed by atoms with Gasteiger partial charge in [0.25, 0.3) is 0 Å². The van der Waals surface area contributed by atoms with Gasteiger partial charge in [0, 0.05) is 32.7 Å². The van der Waals surface area contributed by atoms with E-state index in [4.69, 9.17) is 0 Å². The van der Waals surface area contributed by atoms with Gasteiger partial charge in [-0.1, -0.05) is 90.5 Å². The van der Waals surface area contributed by atoms with Gasteiger partial charge in [0.1, 0.15) is 6.04 Å². The van der Waals surface area contributed by atoms with Crippen LogP contribution in [0, 0.1) is 6.92 Å². The maximum absolute atomic E-state index is 13.5. The van der Waals surface area contributed by atoms with E-state index >= 15 is 0 Å². The molecule has 1 aliphatic rings. The summed E-state index contributed by atoms with van der Waals surface area (Å²) in [5.74, 6) is -0.186. The van der Waals surface area contributed by atoms with Crippen LogP contribution in [0.4, 0.5) is 0 Å². The predicted molar refractivity (Wildman–Crippen MR) is 144 cm³/mol. The van der Waals surface area contributed by atoms with Crippen LogP contribution in [0.3, 0.4) is 0 Å². The van der Waals surface area contributed by atoms with Gasteiger partial charge in [-0.3, -0.25) is 9.69 Å². The van der Waals surface area contributed by atoms with Gasteiger partial charge < -0.3 is 4.90 Å². The van der Waals surface area contributed by atoms with Crippen molar-refractivity contribution in [1.29, 1.82) is 0 Å². The van der Waals surface area contributed by atoms with Gasteiger partial charge in [0.05, 0.1) is 4.90 Å². The zero-order chi connectivity index (χ0) is 25.4. The van der Waals surface area contributed by atoms with Crippen LogP contribution >= 0.6 is 0 Å². The summed E-state index contributed by atoms with van der Waals surface area (Å²) in [7, 11) is -3.85. The highest BCUT2D eigenvalue weighted by Gasteiger charge is 2.31. The molecule has 6 nitrogen and oxygen atoms in total. The molecule has 1 amide bonds. The van der Waals surface area contributed by atoms with E-state index in [1.165, 1.54) is 0 Å². The molecule has 7 heteroatoms. The number of nitrogens with zero attached hydrogens (tertiary/aromatic N) is 2. The molecule has 1 N–H and O–H groups in total. The van der Waals surface area contributed by atoms with Crippen molar-refractivity contribution in [3.8, 4) is 0 Å². The lowest BCUT2D eigenvalue weighted by Gasteiger charge is -2.36. The van der Waals surface area contributed by atoms with Crippen LogP contribution in [0.25, 0.3) is 6.08 Å². The number of rotatable bonds is 9. The lowest BCUT2D eigenvalue weighted by Crippen LogP contribution is -2.55. The zero-order valence-corrected chi connectivity index (χ0v) is 21.4. The van der Waals surface area contributed by atoms with Crippen molar-refractivity contribution in [2.45, 2.75) is 24.3 Å². The molecule has 1 fully saturated rings. The molecular formula is C29H33N3O3S. The number of aryl methyl sites for hydroxylation is 1. The van der Waals surface area contributed by atoms with Crippen LogP contribution in [-0.4, -0.2) is 62.9 Å². The summed E-state index contributed by atoms with van der Waals surface area (Å²) in [6.07, 6.45) is 4.54. The van der Waals surface area contributed by atoms with Crippen molar-refractivity contribution in [2.75, 3.05) is 32.7 Å². The number of hydrogen-bond donors (Lipinski definition) is 1. The van der Waals surface area contributed by atoms with Gasteiger partial charge >= 0.3 is 0 Å².